The molecular formula is C11H9Cl6NO. The molecule has 0 aliphatic carbocycles. The molecule has 0 aliphatic rings. The number of hydrogen-bond acceptors (Lipinski definition) is 1. The Kier molecular flexibility index (Phi) is 6.85. The highest BCUT2D eigenvalue weighted by Crippen LogP contribution is 2.33. The Hall–Kier alpha value is 0.430. The Labute approximate surface area is 141 Å². The minimum absolute atomic E-state index is 0.213. The Morgan fingerprint density at radius 2 is 1.63 bits per heavy atom. The van der Waals surface area contributed by atoms with Gasteiger partial charge in [-0.3, -0.25) is 4.79 Å². The van der Waals surface area contributed by atoms with E-state index in [-0.39, 0.29) is 12.3 Å². The van der Waals surface area contributed by atoms with Crippen molar-refractivity contribution in [2.24, 2.45) is 0 Å². The zero-order valence-corrected chi connectivity index (χ0v) is 14.0. The molecule has 2 nitrogen and oxygen atoms in total. The van der Waals surface area contributed by atoms with Crippen LogP contribution in [0.3, 0.4) is 0 Å². The van der Waals surface area contributed by atoms with Gasteiger partial charge in [0.25, 0.3) is 0 Å². The molecule has 1 aromatic carbocycles. The van der Waals surface area contributed by atoms with E-state index in [0.717, 1.165) is 0 Å². The van der Waals surface area contributed by atoms with Crippen LogP contribution in [0.5, 0.6) is 0 Å². The molecule has 0 heterocycles. The van der Waals surface area contributed by atoms with Crippen molar-refractivity contribution in [3.05, 3.63) is 27.2 Å². The summed E-state index contributed by atoms with van der Waals surface area (Å²) in [4.78, 5) is 11.7. The van der Waals surface area contributed by atoms with E-state index in [4.69, 9.17) is 69.6 Å². The van der Waals surface area contributed by atoms with Crippen LogP contribution in [0.2, 0.25) is 15.1 Å². The lowest BCUT2D eigenvalue weighted by Crippen LogP contribution is -2.13. The summed E-state index contributed by atoms with van der Waals surface area (Å²) in [5.74, 6) is -0.241. The van der Waals surface area contributed by atoms with Gasteiger partial charge < -0.3 is 5.32 Å². The molecule has 1 amide bonds. The standard InChI is InChI=1S/C11H9Cl6NO/c12-6-4-8(14)9(5-7(6)13)18-10(19)2-1-3-11(15,16)17/h4-5H,1-3H2,(H,18,19). The van der Waals surface area contributed by atoms with E-state index >= 15 is 0 Å². The van der Waals surface area contributed by atoms with Crippen molar-refractivity contribution in [3.63, 3.8) is 0 Å². The van der Waals surface area contributed by atoms with Crippen molar-refractivity contribution < 1.29 is 4.79 Å². The predicted octanol–water partition coefficient (Wildman–Crippen LogP) is 6.13. The average molecular weight is 384 g/mol. The second kappa shape index (κ2) is 7.44. The van der Waals surface area contributed by atoms with Crippen LogP contribution in [0, 0.1) is 0 Å². The molecule has 19 heavy (non-hydrogen) atoms. The number of nitrogens with one attached hydrogen (secondary N) is 1. The molecule has 1 N–H and O–H groups in total. The minimum Gasteiger partial charge on any atom is -0.325 e. The average Bonchev–Trinajstić information content (AvgIpc) is 2.24. The summed E-state index contributed by atoms with van der Waals surface area (Å²) in [7, 11) is 0. The summed E-state index contributed by atoms with van der Waals surface area (Å²) in [5.41, 5.74) is 0.398. The summed E-state index contributed by atoms with van der Waals surface area (Å²) < 4.78 is -1.35. The van der Waals surface area contributed by atoms with Crippen LogP contribution >= 0.6 is 69.6 Å². The van der Waals surface area contributed by atoms with Gasteiger partial charge in [-0.25, -0.2) is 0 Å². The van der Waals surface area contributed by atoms with E-state index in [0.29, 0.717) is 33.6 Å². The smallest absolute Gasteiger partial charge is 0.224 e. The van der Waals surface area contributed by atoms with Crippen LogP contribution in [0.15, 0.2) is 12.1 Å². The van der Waals surface area contributed by atoms with Crippen molar-refractivity contribution in [2.45, 2.75) is 23.1 Å². The number of halogens is 6. The molecule has 0 aromatic heterocycles. The Morgan fingerprint density at radius 3 is 2.21 bits per heavy atom. The van der Waals surface area contributed by atoms with Crippen molar-refractivity contribution >= 4 is 81.2 Å². The zero-order valence-electron chi connectivity index (χ0n) is 9.45. The summed E-state index contributed by atoms with van der Waals surface area (Å²) in [6.45, 7) is 0. The van der Waals surface area contributed by atoms with Gasteiger partial charge in [0, 0.05) is 6.42 Å². The molecule has 0 saturated carbocycles. The van der Waals surface area contributed by atoms with Gasteiger partial charge in [-0.15, -0.1) is 0 Å². The molecular weight excluding hydrogens is 375 g/mol. The fourth-order valence-electron chi connectivity index (χ4n) is 1.28. The molecule has 0 radical (unpaired) electrons. The lowest BCUT2D eigenvalue weighted by molar-refractivity contribution is -0.116. The van der Waals surface area contributed by atoms with E-state index in [1.807, 2.05) is 0 Å². The van der Waals surface area contributed by atoms with Crippen LogP contribution in [-0.2, 0) is 4.79 Å². The van der Waals surface area contributed by atoms with Gasteiger partial charge in [-0.1, -0.05) is 69.6 Å². The number of carbonyl (C=O) groups excluding carboxylic acids is 1. The number of carbonyl (C=O) groups is 1. The van der Waals surface area contributed by atoms with E-state index in [2.05, 4.69) is 5.32 Å². The first-order chi connectivity index (χ1) is 8.69. The number of amides is 1. The van der Waals surface area contributed by atoms with E-state index < -0.39 is 3.79 Å². The van der Waals surface area contributed by atoms with Crippen LogP contribution < -0.4 is 5.32 Å². The maximum Gasteiger partial charge on any atom is 0.224 e. The number of anilines is 1. The first-order valence-corrected chi connectivity index (χ1v) is 7.47. The predicted molar refractivity (Wildman–Crippen MR) is 84.2 cm³/mol. The fourth-order valence-corrected chi connectivity index (χ4v) is 2.28. The minimum atomic E-state index is -1.35. The third kappa shape index (κ3) is 6.61. The maximum atomic E-state index is 11.7. The molecule has 8 heteroatoms. The molecule has 0 fully saturated rings. The molecule has 1 aromatic rings. The largest absolute Gasteiger partial charge is 0.325 e. The molecule has 0 unspecified atom stereocenters. The molecule has 106 valence electrons. The third-order valence-corrected chi connectivity index (χ3v) is 3.75. The summed E-state index contributed by atoms with van der Waals surface area (Å²) >= 11 is 34.3. The van der Waals surface area contributed by atoms with Gasteiger partial charge in [0.2, 0.25) is 5.91 Å². The highest BCUT2D eigenvalue weighted by molar-refractivity contribution is 6.67. The third-order valence-electron chi connectivity index (χ3n) is 2.15. The van der Waals surface area contributed by atoms with E-state index in [9.17, 15) is 4.79 Å². The lowest BCUT2D eigenvalue weighted by atomic mass is 10.2. The SMILES string of the molecule is O=C(CCCC(Cl)(Cl)Cl)Nc1cc(Cl)c(Cl)cc1Cl. The normalized spacial score (nSPS) is 11.5. The first kappa shape index (κ1) is 17.5. The second-order valence-corrected chi connectivity index (χ2v) is 7.50. The van der Waals surface area contributed by atoms with E-state index in [1.165, 1.54) is 12.1 Å². The quantitative estimate of drug-likeness (QED) is 0.492. The zero-order chi connectivity index (χ0) is 14.6. The fraction of sp³-hybridized carbons (Fsp3) is 0.364. The highest BCUT2D eigenvalue weighted by atomic mass is 35.6. The molecule has 0 spiro atoms. The Balaban J connectivity index is 2.56. The Bertz CT molecular complexity index is 471. The van der Waals surface area contributed by atoms with Crippen molar-refractivity contribution in [3.8, 4) is 0 Å². The topological polar surface area (TPSA) is 29.1 Å². The molecule has 0 aliphatic heterocycles. The lowest BCUT2D eigenvalue weighted by Gasteiger charge is -2.11. The number of benzene rings is 1. The van der Waals surface area contributed by atoms with Crippen LogP contribution in [0.4, 0.5) is 5.69 Å². The van der Waals surface area contributed by atoms with Gasteiger partial charge >= 0.3 is 0 Å². The second-order valence-electron chi connectivity index (χ2n) is 3.76. The van der Waals surface area contributed by atoms with Gasteiger partial charge in [0.15, 0.2) is 3.79 Å². The van der Waals surface area contributed by atoms with Crippen molar-refractivity contribution in [1.29, 1.82) is 0 Å². The maximum absolute atomic E-state index is 11.7. The van der Waals surface area contributed by atoms with E-state index in [1.54, 1.807) is 0 Å². The van der Waals surface area contributed by atoms with Crippen molar-refractivity contribution in [2.75, 3.05) is 5.32 Å². The molecule has 0 bridgehead atoms. The molecule has 1 rings (SSSR count). The van der Waals surface area contributed by atoms with Crippen LogP contribution in [0.1, 0.15) is 19.3 Å². The number of rotatable bonds is 4. The number of alkyl halides is 3. The summed E-state index contributed by atoms with van der Waals surface area (Å²) in [6.07, 6.45) is 0.950. The summed E-state index contributed by atoms with van der Waals surface area (Å²) in [6, 6.07) is 2.95. The van der Waals surface area contributed by atoms with Gasteiger partial charge in [0.05, 0.1) is 20.8 Å². The highest BCUT2D eigenvalue weighted by Gasteiger charge is 2.19. The Morgan fingerprint density at radius 1 is 1.05 bits per heavy atom. The van der Waals surface area contributed by atoms with Crippen molar-refractivity contribution in [1.82, 2.24) is 0 Å². The van der Waals surface area contributed by atoms with Gasteiger partial charge in [-0.05, 0) is 25.0 Å². The van der Waals surface area contributed by atoms with Crippen LogP contribution in [0.25, 0.3) is 0 Å². The summed E-state index contributed by atoms with van der Waals surface area (Å²) in [5, 5.41) is 3.56. The van der Waals surface area contributed by atoms with Gasteiger partial charge in [0.1, 0.15) is 0 Å². The first-order valence-electron chi connectivity index (χ1n) is 5.20. The molecule has 0 atom stereocenters. The monoisotopic (exact) mass is 381 g/mol. The number of hydrogen-bond donors (Lipinski definition) is 1. The van der Waals surface area contributed by atoms with Crippen LogP contribution in [-0.4, -0.2) is 9.70 Å². The van der Waals surface area contributed by atoms with Gasteiger partial charge in [-0.2, -0.15) is 0 Å². The molecule has 0 saturated heterocycles.